The first-order valence-corrected chi connectivity index (χ1v) is 7.27. The summed E-state index contributed by atoms with van der Waals surface area (Å²) in [7, 11) is 0. The molecule has 1 heterocycles. The summed E-state index contributed by atoms with van der Waals surface area (Å²) in [6.45, 7) is 4.33. The lowest BCUT2D eigenvalue weighted by atomic mass is 10.0. The predicted octanol–water partition coefficient (Wildman–Crippen LogP) is 3.81. The molecule has 1 aromatic rings. The normalized spacial score (nSPS) is 19.9. The van der Waals surface area contributed by atoms with Crippen molar-refractivity contribution in [2.24, 2.45) is 0 Å². The number of halogens is 4. The van der Waals surface area contributed by atoms with E-state index in [4.69, 9.17) is 0 Å². The monoisotopic (exact) mass is 304 g/mol. The van der Waals surface area contributed by atoms with Crippen molar-refractivity contribution in [3.63, 3.8) is 0 Å². The molecule has 1 saturated heterocycles. The maximum atomic E-state index is 13.3. The molecule has 6 heteroatoms. The largest absolute Gasteiger partial charge is 0.419 e. The van der Waals surface area contributed by atoms with Crippen molar-refractivity contribution in [3.8, 4) is 0 Å². The molecule has 2 nitrogen and oxygen atoms in total. The standard InChI is InChI=1S/C15H20F4N2/c1-2-7-20-11-4-3-8-21(10-11)12-5-6-14(16)13(9-12)15(17,18)19/h5-6,9,11,20H,2-4,7-8,10H2,1H3. The first-order valence-electron chi connectivity index (χ1n) is 7.27. The molecule has 0 spiro atoms. The lowest BCUT2D eigenvalue weighted by Crippen LogP contribution is -2.46. The Bertz CT molecular complexity index is 473. The van der Waals surface area contributed by atoms with Crippen molar-refractivity contribution in [1.29, 1.82) is 0 Å². The van der Waals surface area contributed by atoms with Gasteiger partial charge in [0.15, 0.2) is 0 Å². The molecule has 1 fully saturated rings. The molecule has 0 aliphatic carbocycles. The van der Waals surface area contributed by atoms with Crippen LogP contribution in [0.25, 0.3) is 0 Å². The summed E-state index contributed by atoms with van der Waals surface area (Å²) < 4.78 is 51.6. The zero-order valence-electron chi connectivity index (χ0n) is 12.0. The van der Waals surface area contributed by atoms with E-state index in [0.717, 1.165) is 37.9 Å². The minimum atomic E-state index is -4.66. The molecule has 0 saturated carbocycles. The highest BCUT2D eigenvalue weighted by atomic mass is 19.4. The van der Waals surface area contributed by atoms with Crippen LogP contribution in [0, 0.1) is 5.82 Å². The van der Waals surface area contributed by atoms with Crippen molar-refractivity contribution in [3.05, 3.63) is 29.6 Å². The van der Waals surface area contributed by atoms with E-state index in [9.17, 15) is 17.6 Å². The molecule has 1 aliphatic rings. The van der Waals surface area contributed by atoms with E-state index in [2.05, 4.69) is 12.2 Å². The van der Waals surface area contributed by atoms with Crippen LogP contribution >= 0.6 is 0 Å². The van der Waals surface area contributed by atoms with Gasteiger partial charge in [-0.25, -0.2) is 4.39 Å². The van der Waals surface area contributed by atoms with Gasteiger partial charge in [-0.15, -0.1) is 0 Å². The Hall–Kier alpha value is -1.30. The molecule has 0 bridgehead atoms. The third-order valence-corrected chi connectivity index (χ3v) is 3.72. The molecule has 0 radical (unpaired) electrons. The van der Waals surface area contributed by atoms with Gasteiger partial charge in [0.1, 0.15) is 5.82 Å². The summed E-state index contributed by atoms with van der Waals surface area (Å²) in [5, 5.41) is 3.39. The molecule has 1 atom stereocenters. The molecule has 2 rings (SSSR count). The van der Waals surface area contributed by atoms with Crippen LogP contribution in [0.5, 0.6) is 0 Å². The Kier molecular flexibility index (Phi) is 5.08. The fourth-order valence-corrected chi connectivity index (χ4v) is 2.65. The van der Waals surface area contributed by atoms with Crippen LogP contribution in [0.2, 0.25) is 0 Å². The Balaban J connectivity index is 2.14. The van der Waals surface area contributed by atoms with Crippen LogP contribution in [0.4, 0.5) is 23.2 Å². The van der Waals surface area contributed by atoms with Crippen molar-refractivity contribution in [2.75, 3.05) is 24.5 Å². The van der Waals surface area contributed by atoms with Crippen LogP contribution in [0.1, 0.15) is 31.7 Å². The summed E-state index contributed by atoms with van der Waals surface area (Å²) in [6.07, 6.45) is -1.70. The summed E-state index contributed by atoms with van der Waals surface area (Å²) in [6, 6.07) is 3.52. The maximum absolute atomic E-state index is 13.3. The van der Waals surface area contributed by atoms with Gasteiger partial charge in [-0.1, -0.05) is 6.92 Å². The molecule has 118 valence electrons. The quantitative estimate of drug-likeness (QED) is 0.851. The van der Waals surface area contributed by atoms with E-state index in [1.54, 1.807) is 0 Å². The highest BCUT2D eigenvalue weighted by Crippen LogP contribution is 2.34. The van der Waals surface area contributed by atoms with Gasteiger partial charge >= 0.3 is 6.18 Å². The SMILES string of the molecule is CCCNC1CCCN(c2ccc(F)c(C(F)(F)F)c2)C1. The van der Waals surface area contributed by atoms with Crippen molar-refractivity contribution in [1.82, 2.24) is 5.32 Å². The van der Waals surface area contributed by atoms with Crippen LogP contribution in [0.15, 0.2) is 18.2 Å². The van der Waals surface area contributed by atoms with Crippen LogP contribution in [0.3, 0.4) is 0 Å². The van der Waals surface area contributed by atoms with Crippen molar-refractivity contribution < 1.29 is 17.6 Å². The number of rotatable bonds is 4. The fraction of sp³-hybridized carbons (Fsp3) is 0.600. The maximum Gasteiger partial charge on any atom is 0.419 e. The van der Waals surface area contributed by atoms with Crippen molar-refractivity contribution in [2.45, 2.75) is 38.4 Å². The number of hydrogen-bond acceptors (Lipinski definition) is 2. The predicted molar refractivity (Wildman–Crippen MR) is 74.9 cm³/mol. The first-order chi connectivity index (χ1) is 9.91. The highest BCUT2D eigenvalue weighted by Gasteiger charge is 2.34. The minimum absolute atomic E-state index is 0.276. The molecule has 0 aromatic heterocycles. The number of nitrogens with one attached hydrogen (secondary N) is 1. The van der Waals surface area contributed by atoms with E-state index in [-0.39, 0.29) is 6.04 Å². The third kappa shape index (κ3) is 4.09. The number of nitrogens with zero attached hydrogens (tertiary/aromatic N) is 1. The zero-order chi connectivity index (χ0) is 15.5. The minimum Gasteiger partial charge on any atom is -0.370 e. The van der Waals surface area contributed by atoms with Gasteiger partial charge in [0.2, 0.25) is 0 Å². The average Bonchev–Trinajstić information content (AvgIpc) is 2.44. The summed E-state index contributed by atoms with van der Waals surface area (Å²) in [4.78, 5) is 1.89. The van der Waals surface area contributed by atoms with Gasteiger partial charge in [-0.05, 0) is 44.0 Å². The first kappa shape index (κ1) is 16.1. The van der Waals surface area contributed by atoms with E-state index >= 15 is 0 Å². The average molecular weight is 304 g/mol. The van der Waals surface area contributed by atoms with Gasteiger partial charge in [0.25, 0.3) is 0 Å². The Labute approximate surface area is 122 Å². The molecule has 1 aliphatic heterocycles. The van der Waals surface area contributed by atoms with Gasteiger partial charge in [0.05, 0.1) is 5.56 Å². The zero-order valence-corrected chi connectivity index (χ0v) is 12.0. The second-order valence-electron chi connectivity index (χ2n) is 5.40. The van der Waals surface area contributed by atoms with Gasteiger partial charge in [0, 0.05) is 24.8 Å². The molecule has 1 aromatic carbocycles. The molecular weight excluding hydrogens is 284 g/mol. The Morgan fingerprint density at radius 1 is 1.33 bits per heavy atom. The highest BCUT2D eigenvalue weighted by molar-refractivity contribution is 5.50. The van der Waals surface area contributed by atoms with Crippen LogP contribution < -0.4 is 10.2 Å². The van der Waals surface area contributed by atoms with Crippen LogP contribution in [-0.2, 0) is 6.18 Å². The Morgan fingerprint density at radius 3 is 2.76 bits per heavy atom. The molecule has 1 unspecified atom stereocenters. The summed E-state index contributed by atoms with van der Waals surface area (Å²) in [5.41, 5.74) is -0.754. The summed E-state index contributed by atoms with van der Waals surface area (Å²) >= 11 is 0. The second-order valence-corrected chi connectivity index (χ2v) is 5.40. The number of benzene rings is 1. The number of piperidine rings is 1. The van der Waals surface area contributed by atoms with E-state index in [1.807, 2.05) is 4.90 Å². The number of anilines is 1. The van der Waals surface area contributed by atoms with E-state index < -0.39 is 17.6 Å². The molecule has 0 amide bonds. The molecule has 21 heavy (non-hydrogen) atoms. The van der Waals surface area contributed by atoms with Gasteiger partial charge in [-0.3, -0.25) is 0 Å². The smallest absolute Gasteiger partial charge is 0.370 e. The second kappa shape index (κ2) is 6.64. The lowest BCUT2D eigenvalue weighted by molar-refractivity contribution is -0.139. The number of hydrogen-bond donors (Lipinski definition) is 1. The van der Waals surface area contributed by atoms with Gasteiger partial charge in [-0.2, -0.15) is 13.2 Å². The third-order valence-electron chi connectivity index (χ3n) is 3.72. The van der Waals surface area contributed by atoms with Gasteiger partial charge < -0.3 is 10.2 Å². The topological polar surface area (TPSA) is 15.3 Å². The molecule has 1 N–H and O–H groups in total. The Morgan fingerprint density at radius 2 is 2.10 bits per heavy atom. The van der Waals surface area contributed by atoms with Crippen LogP contribution in [-0.4, -0.2) is 25.7 Å². The lowest BCUT2D eigenvalue weighted by Gasteiger charge is -2.35. The number of alkyl halides is 3. The van der Waals surface area contributed by atoms with E-state index in [1.165, 1.54) is 6.07 Å². The van der Waals surface area contributed by atoms with E-state index in [0.29, 0.717) is 18.8 Å². The van der Waals surface area contributed by atoms with Crippen molar-refractivity contribution >= 4 is 5.69 Å². The fourth-order valence-electron chi connectivity index (χ4n) is 2.65. The summed E-state index contributed by atoms with van der Waals surface area (Å²) in [5.74, 6) is -1.22. The molecular formula is C15H20F4N2.